The molecule has 3 heteroatoms. The third-order valence-electron chi connectivity index (χ3n) is 3.60. The van der Waals surface area contributed by atoms with Crippen LogP contribution < -0.4 is 4.74 Å². The molecule has 1 fully saturated rings. The Kier molecular flexibility index (Phi) is 5.91. The largest absolute Gasteiger partial charge is 0.495 e. The lowest BCUT2D eigenvalue weighted by atomic mass is 9.98. The number of hydrogen-bond acceptors (Lipinski definition) is 3. The van der Waals surface area contributed by atoms with Gasteiger partial charge in [-0.25, -0.2) is 0 Å². The molecule has 0 bridgehead atoms. The van der Waals surface area contributed by atoms with E-state index in [4.69, 9.17) is 14.6 Å². The van der Waals surface area contributed by atoms with Crippen molar-refractivity contribution in [3.8, 4) is 17.6 Å². The molecule has 1 aromatic rings. The summed E-state index contributed by atoms with van der Waals surface area (Å²) >= 11 is 0. The Balaban J connectivity index is 2.00. The van der Waals surface area contributed by atoms with E-state index in [1.807, 2.05) is 18.2 Å². The minimum absolute atomic E-state index is 0.147. The summed E-state index contributed by atoms with van der Waals surface area (Å²) in [6.07, 6.45) is 6.64. The fourth-order valence-electron chi connectivity index (χ4n) is 2.52. The fourth-order valence-corrected chi connectivity index (χ4v) is 2.52. The van der Waals surface area contributed by atoms with Gasteiger partial charge in [0.2, 0.25) is 0 Å². The smallest absolute Gasteiger partial charge is 0.134 e. The van der Waals surface area contributed by atoms with Crippen LogP contribution in [0.1, 0.15) is 43.2 Å². The van der Waals surface area contributed by atoms with Crippen LogP contribution in [-0.2, 0) is 11.3 Å². The van der Waals surface area contributed by atoms with Gasteiger partial charge >= 0.3 is 0 Å². The van der Waals surface area contributed by atoms with Crippen molar-refractivity contribution in [1.29, 1.82) is 0 Å². The molecular formula is C17H22O3. The molecule has 1 aliphatic carbocycles. The molecule has 3 nitrogen and oxygen atoms in total. The van der Waals surface area contributed by atoms with Gasteiger partial charge < -0.3 is 14.6 Å². The van der Waals surface area contributed by atoms with Crippen molar-refractivity contribution < 1.29 is 14.6 Å². The van der Waals surface area contributed by atoms with Crippen LogP contribution in [0.2, 0.25) is 0 Å². The number of methoxy groups -OCH3 is 1. The van der Waals surface area contributed by atoms with Gasteiger partial charge in [-0.05, 0) is 30.5 Å². The maximum absolute atomic E-state index is 8.79. The van der Waals surface area contributed by atoms with E-state index in [0.29, 0.717) is 12.7 Å². The highest BCUT2D eigenvalue weighted by Gasteiger charge is 2.13. The SMILES string of the molecule is COc1ccc(COC2CCCCC2)cc1C#CCO. The Morgan fingerprint density at radius 3 is 2.75 bits per heavy atom. The summed E-state index contributed by atoms with van der Waals surface area (Å²) in [4.78, 5) is 0. The predicted octanol–water partition coefficient (Wildman–Crippen LogP) is 2.89. The number of ether oxygens (including phenoxy) is 2. The standard InChI is InChI=1S/C17H22O3/c1-19-17-10-9-14(12-15(17)6-5-11-18)13-20-16-7-3-2-4-8-16/h9-10,12,16,18H,2-4,7-8,11,13H2,1H3. The molecule has 0 radical (unpaired) electrons. The highest BCUT2D eigenvalue weighted by Crippen LogP contribution is 2.23. The molecule has 20 heavy (non-hydrogen) atoms. The summed E-state index contributed by atoms with van der Waals surface area (Å²) in [5, 5.41) is 8.79. The van der Waals surface area contributed by atoms with Crippen LogP contribution in [0.15, 0.2) is 18.2 Å². The second kappa shape index (κ2) is 7.94. The summed E-state index contributed by atoms with van der Waals surface area (Å²) in [5.41, 5.74) is 1.89. The van der Waals surface area contributed by atoms with Crippen LogP contribution in [-0.4, -0.2) is 24.9 Å². The van der Waals surface area contributed by atoms with Crippen molar-refractivity contribution in [3.63, 3.8) is 0 Å². The minimum Gasteiger partial charge on any atom is -0.495 e. The summed E-state index contributed by atoms with van der Waals surface area (Å²) in [6, 6.07) is 5.89. The summed E-state index contributed by atoms with van der Waals surface area (Å²) in [7, 11) is 1.62. The van der Waals surface area contributed by atoms with Gasteiger partial charge in [0.15, 0.2) is 0 Å². The quantitative estimate of drug-likeness (QED) is 0.858. The third kappa shape index (κ3) is 4.26. The monoisotopic (exact) mass is 274 g/mol. The van der Waals surface area contributed by atoms with E-state index in [1.54, 1.807) is 7.11 Å². The van der Waals surface area contributed by atoms with Crippen LogP contribution in [0, 0.1) is 11.8 Å². The summed E-state index contributed by atoms with van der Waals surface area (Å²) < 4.78 is 11.2. The Morgan fingerprint density at radius 1 is 1.25 bits per heavy atom. The Morgan fingerprint density at radius 2 is 2.05 bits per heavy atom. The first-order valence-corrected chi connectivity index (χ1v) is 7.21. The van der Waals surface area contributed by atoms with Crippen molar-refractivity contribution in [1.82, 2.24) is 0 Å². The first-order chi connectivity index (χ1) is 9.83. The molecule has 0 amide bonds. The molecule has 1 aliphatic rings. The lowest BCUT2D eigenvalue weighted by Gasteiger charge is -2.22. The molecule has 0 aromatic heterocycles. The van der Waals surface area contributed by atoms with Gasteiger partial charge in [0.05, 0.1) is 25.4 Å². The molecule has 108 valence electrons. The number of aliphatic hydroxyl groups is 1. The molecule has 1 N–H and O–H groups in total. The van der Waals surface area contributed by atoms with Crippen molar-refractivity contribution in [2.75, 3.05) is 13.7 Å². The van der Waals surface area contributed by atoms with Crippen molar-refractivity contribution in [2.24, 2.45) is 0 Å². The van der Waals surface area contributed by atoms with E-state index < -0.39 is 0 Å². The topological polar surface area (TPSA) is 38.7 Å². The Hall–Kier alpha value is -1.50. The number of benzene rings is 1. The van der Waals surface area contributed by atoms with Gasteiger partial charge in [-0.1, -0.05) is 37.2 Å². The lowest BCUT2D eigenvalue weighted by Crippen LogP contribution is -2.16. The van der Waals surface area contributed by atoms with Gasteiger partial charge in [0.25, 0.3) is 0 Å². The Labute approximate surface area is 120 Å². The normalized spacial score (nSPS) is 15.5. The molecule has 0 atom stereocenters. The summed E-state index contributed by atoms with van der Waals surface area (Å²) in [6.45, 7) is 0.467. The molecule has 1 aromatic carbocycles. The average molecular weight is 274 g/mol. The zero-order valence-electron chi connectivity index (χ0n) is 12.0. The van der Waals surface area contributed by atoms with Crippen molar-refractivity contribution >= 4 is 0 Å². The van der Waals surface area contributed by atoms with Gasteiger partial charge in [-0.3, -0.25) is 0 Å². The summed E-state index contributed by atoms with van der Waals surface area (Å²) in [5.74, 6) is 6.30. The second-order valence-corrected chi connectivity index (χ2v) is 5.07. The van der Waals surface area contributed by atoms with Crippen LogP contribution in [0.4, 0.5) is 0 Å². The maximum Gasteiger partial charge on any atom is 0.134 e. The molecule has 0 saturated heterocycles. The number of hydrogen-bond donors (Lipinski definition) is 1. The van der Waals surface area contributed by atoms with Gasteiger partial charge in [-0.15, -0.1) is 0 Å². The maximum atomic E-state index is 8.79. The van der Waals surface area contributed by atoms with Crippen LogP contribution >= 0.6 is 0 Å². The van der Waals surface area contributed by atoms with E-state index in [1.165, 1.54) is 32.1 Å². The predicted molar refractivity (Wildman–Crippen MR) is 78.6 cm³/mol. The minimum atomic E-state index is -0.147. The Bertz CT molecular complexity index is 479. The van der Waals surface area contributed by atoms with Crippen LogP contribution in [0.5, 0.6) is 5.75 Å². The van der Waals surface area contributed by atoms with Crippen molar-refractivity contribution in [2.45, 2.75) is 44.8 Å². The van der Waals surface area contributed by atoms with E-state index in [0.717, 1.165) is 16.9 Å². The molecule has 0 aliphatic heterocycles. The van der Waals surface area contributed by atoms with Crippen LogP contribution in [0.3, 0.4) is 0 Å². The molecule has 0 unspecified atom stereocenters. The average Bonchev–Trinajstić information content (AvgIpc) is 2.52. The van der Waals surface area contributed by atoms with E-state index in [-0.39, 0.29) is 6.61 Å². The van der Waals surface area contributed by atoms with E-state index in [2.05, 4.69) is 11.8 Å². The number of aliphatic hydroxyl groups excluding tert-OH is 1. The number of rotatable bonds is 4. The highest BCUT2D eigenvalue weighted by molar-refractivity contribution is 5.48. The first-order valence-electron chi connectivity index (χ1n) is 7.21. The van der Waals surface area contributed by atoms with Gasteiger partial charge in [-0.2, -0.15) is 0 Å². The second-order valence-electron chi connectivity index (χ2n) is 5.07. The fraction of sp³-hybridized carbons (Fsp3) is 0.529. The molecule has 1 saturated carbocycles. The van der Waals surface area contributed by atoms with Crippen LogP contribution in [0.25, 0.3) is 0 Å². The zero-order valence-corrected chi connectivity index (χ0v) is 12.0. The highest BCUT2D eigenvalue weighted by atomic mass is 16.5. The molecule has 2 rings (SSSR count). The van der Waals surface area contributed by atoms with Gasteiger partial charge in [0.1, 0.15) is 12.4 Å². The first kappa shape index (κ1) is 14.9. The third-order valence-corrected chi connectivity index (χ3v) is 3.60. The molecule has 0 spiro atoms. The lowest BCUT2D eigenvalue weighted by molar-refractivity contribution is 0.0168. The zero-order chi connectivity index (χ0) is 14.2. The molecular weight excluding hydrogens is 252 g/mol. The molecule has 0 heterocycles. The van der Waals surface area contributed by atoms with Crippen molar-refractivity contribution in [3.05, 3.63) is 29.3 Å². The van der Waals surface area contributed by atoms with Gasteiger partial charge in [0, 0.05) is 0 Å². The van der Waals surface area contributed by atoms with E-state index in [9.17, 15) is 0 Å². The van der Waals surface area contributed by atoms with E-state index >= 15 is 0 Å².